The van der Waals surface area contributed by atoms with E-state index in [4.69, 9.17) is 0 Å². The van der Waals surface area contributed by atoms with Crippen molar-refractivity contribution in [2.45, 2.75) is 0 Å². The third kappa shape index (κ3) is 2.94. The molecule has 130 valence electrons. The monoisotopic (exact) mass is 371 g/mol. The van der Waals surface area contributed by atoms with E-state index in [2.05, 4.69) is 20.3 Å². The number of thiazole rings is 1. The maximum Gasteiger partial charge on any atom is 0.255 e. The van der Waals surface area contributed by atoms with Crippen LogP contribution < -0.4 is 5.32 Å². The summed E-state index contributed by atoms with van der Waals surface area (Å²) in [7, 11) is 0. The Kier molecular flexibility index (Phi) is 3.65. The molecule has 0 aliphatic rings. The number of aromatic nitrogens is 4. The van der Waals surface area contributed by atoms with Crippen LogP contribution in [0.1, 0.15) is 10.4 Å². The molecule has 6 nitrogen and oxygen atoms in total. The lowest BCUT2D eigenvalue weighted by Crippen LogP contribution is -2.11. The maximum atomic E-state index is 12.5. The first-order valence-electron chi connectivity index (χ1n) is 8.31. The van der Waals surface area contributed by atoms with Gasteiger partial charge in [0.15, 0.2) is 0 Å². The van der Waals surface area contributed by atoms with Crippen LogP contribution in [0.15, 0.2) is 72.6 Å². The highest BCUT2D eigenvalue weighted by molar-refractivity contribution is 7.16. The van der Waals surface area contributed by atoms with Crippen LogP contribution in [0.3, 0.4) is 0 Å². The number of rotatable bonds is 3. The van der Waals surface area contributed by atoms with E-state index in [1.807, 2.05) is 59.3 Å². The summed E-state index contributed by atoms with van der Waals surface area (Å²) in [5.41, 5.74) is 5.83. The second kappa shape index (κ2) is 6.30. The topological polar surface area (TPSA) is 72.2 Å². The van der Waals surface area contributed by atoms with Crippen molar-refractivity contribution < 1.29 is 4.79 Å². The lowest BCUT2D eigenvalue weighted by molar-refractivity contribution is 0.102. The zero-order valence-corrected chi connectivity index (χ0v) is 14.9. The van der Waals surface area contributed by atoms with Crippen molar-refractivity contribution in [1.29, 1.82) is 0 Å². The summed E-state index contributed by atoms with van der Waals surface area (Å²) in [6.45, 7) is 0. The van der Waals surface area contributed by atoms with Crippen LogP contribution >= 0.6 is 11.3 Å². The third-order valence-corrected chi connectivity index (χ3v) is 5.06. The molecule has 1 N–H and O–H groups in total. The Balaban J connectivity index is 1.37. The number of nitrogens with one attached hydrogen (secondary N) is 1. The van der Waals surface area contributed by atoms with Gasteiger partial charge in [-0.3, -0.25) is 9.20 Å². The number of hydrogen-bond acceptors (Lipinski definition) is 5. The number of carbonyl (C=O) groups excluding carboxylic acids is 1. The van der Waals surface area contributed by atoms with E-state index < -0.39 is 0 Å². The molecule has 0 atom stereocenters. The van der Waals surface area contributed by atoms with E-state index in [1.165, 1.54) is 11.3 Å². The average Bonchev–Trinajstić information content (AvgIpc) is 3.34. The first-order valence-corrected chi connectivity index (χ1v) is 9.19. The highest BCUT2D eigenvalue weighted by Crippen LogP contribution is 2.22. The molecule has 5 rings (SSSR count). The van der Waals surface area contributed by atoms with E-state index >= 15 is 0 Å². The number of hydrogen-bond donors (Lipinski definition) is 1. The summed E-state index contributed by atoms with van der Waals surface area (Å²) in [5.74, 6) is 0.512. The van der Waals surface area contributed by atoms with Crippen LogP contribution in [0, 0.1) is 0 Å². The molecule has 0 unspecified atom stereocenters. The molecule has 5 aromatic rings. The van der Waals surface area contributed by atoms with Gasteiger partial charge in [-0.1, -0.05) is 12.1 Å². The highest BCUT2D eigenvalue weighted by atomic mass is 32.1. The molecule has 0 fully saturated rings. The van der Waals surface area contributed by atoms with Gasteiger partial charge < -0.3 is 5.32 Å². The van der Waals surface area contributed by atoms with Gasteiger partial charge in [0.2, 0.25) is 5.78 Å². The van der Waals surface area contributed by atoms with Gasteiger partial charge >= 0.3 is 0 Å². The Morgan fingerprint density at radius 3 is 2.81 bits per heavy atom. The molecule has 0 spiro atoms. The zero-order valence-electron chi connectivity index (χ0n) is 14.0. The van der Waals surface area contributed by atoms with Crippen LogP contribution in [0.25, 0.3) is 27.3 Å². The van der Waals surface area contributed by atoms with Crippen LogP contribution in [0.4, 0.5) is 5.69 Å². The van der Waals surface area contributed by atoms with Crippen molar-refractivity contribution in [2.24, 2.45) is 0 Å². The summed E-state index contributed by atoms with van der Waals surface area (Å²) in [5, 5.41) is 2.93. The fraction of sp³-hybridized carbons (Fsp3) is 0. The molecule has 7 heteroatoms. The molecule has 1 amide bonds. The van der Waals surface area contributed by atoms with Crippen LogP contribution in [-0.4, -0.2) is 25.3 Å². The quantitative estimate of drug-likeness (QED) is 0.514. The van der Waals surface area contributed by atoms with E-state index in [1.54, 1.807) is 17.8 Å². The molecule has 0 radical (unpaired) electrons. The van der Waals surface area contributed by atoms with Gasteiger partial charge in [0, 0.05) is 35.4 Å². The Morgan fingerprint density at radius 2 is 1.96 bits per heavy atom. The fourth-order valence-electron chi connectivity index (χ4n) is 2.89. The predicted molar refractivity (Wildman–Crippen MR) is 106 cm³/mol. The number of amides is 1. The molecular weight excluding hydrogens is 358 g/mol. The predicted octanol–water partition coefficient (Wildman–Crippen LogP) is 4.26. The lowest BCUT2D eigenvalue weighted by Gasteiger charge is -2.06. The molecule has 3 aromatic heterocycles. The first-order chi connectivity index (χ1) is 13.3. The molecule has 0 aliphatic carbocycles. The van der Waals surface area contributed by atoms with Gasteiger partial charge in [0.05, 0.1) is 21.4 Å². The Morgan fingerprint density at radius 1 is 1.07 bits per heavy atom. The second-order valence-electron chi connectivity index (χ2n) is 6.02. The molecule has 0 aliphatic heterocycles. The summed E-state index contributed by atoms with van der Waals surface area (Å²) < 4.78 is 2.87. The van der Waals surface area contributed by atoms with Crippen LogP contribution in [0.2, 0.25) is 0 Å². The molecule has 2 aromatic carbocycles. The van der Waals surface area contributed by atoms with Crippen LogP contribution in [-0.2, 0) is 0 Å². The molecule has 3 heterocycles. The Bertz CT molecular complexity index is 1240. The zero-order chi connectivity index (χ0) is 18.2. The minimum absolute atomic E-state index is 0.144. The minimum atomic E-state index is -0.144. The number of imidazole rings is 1. The largest absolute Gasteiger partial charge is 0.322 e. The SMILES string of the molecule is O=C(Nc1ccc(-c2cn3cccnc3n2)cc1)c1ccc2ncsc2c1. The van der Waals surface area contributed by atoms with Gasteiger partial charge in [-0.15, -0.1) is 11.3 Å². The summed E-state index contributed by atoms with van der Waals surface area (Å²) in [4.78, 5) is 25.5. The number of benzene rings is 2. The third-order valence-electron chi connectivity index (χ3n) is 4.27. The lowest BCUT2D eigenvalue weighted by atomic mass is 10.1. The summed E-state index contributed by atoms with van der Waals surface area (Å²) in [6, 6.07) is 15.0. The number of fused-ring (bicyclic) bond motifs is 2. The van der Waals surface area contributed by atoms with Crippen molar-refractivity contribution in [1.82, 2.24) is 19.4 Å². The molecular formula is C20H13N5OS. The first kappa shape index (κ1) is 15.7. The smallest absolute Gasteiger partial charge is 0.255 e. The van der Waals surface area contributed by atoms with E-state index in [9.17, 15) is 4.79 Å². The molecule has 0 bridgehead atoms. The van der Waals surface area contributed by atoms with Gasteiger partial charge in [-0.05, 0) is 36.4 Å². The maximum absolute atomic E-state index is 12.5. The summed E-state index contributed by atoms with van der Waals surface area (Å²) in [6.07, 6.45) is 5.56. The van der Waals surface area contributed by atoms with Gasteiger partial charge in [-0.25, -0.2) is 15.0 Å². The number of carbonyl (C=O) groups is 1. The normalized spacial score (nSPS) is 11.1. The van der Waals surface area contributed by atoms with Crippen molar-refractivity contribution in [2.75, 3.05) is 5.32 Å². The molecule has 0 saturated heterocycles. The van der Waals surface area contributed by atoms with Gasteiger partial charge in [0.1, 0.15) is 0 Å². The van der Waals surface area contributed by atoms with E-state index in [0.717, 1.165) is 27.2 Å². The fourth-order valence-corrected chi connectivity index (χ4v) is 3.61. The van der Waals surface area contributed by atoms with E-state index in [0.29, 0.717) is 11.3 Å². The van der Waals surface area contributed by atoms with Crippen molar-refractivity contribution in [3.63, 3.8) is 0 Å². The van der Waals surface area contributed by atoms with Crippen LogP contribution in [0.5, 0.6) is 0 Å². The second-order valence-corrected chi connectivity index (χ2v) is 6.91. The Hall–Kier alpha value is -3.58. The number of anilines is 1. The van der Waals surface area contributed by atoms with Crippen molar-refractivity contribution in [3.8, 4) is 11.3 Å². The van der Waals surface area contributed by atoms with Crippen molar-refractivity contribution >= 4 is 38.9 Å². The molecule has 27 heavy (non-hydrogen) atoms. The minimum Gasteiger partial charge on any atom is -0.322 e. The van der Waals surface area contributed by atoms with E-state index in [-0.39, 0.29) is 5.91 Å². The Labute approximate surface area is 158 Å². The van der Waals surface area contributed by atoms with Gasteiger partial charge in [-0.2, -0.15) is 0 Å². The average molecular weight is 371 g/mol. The summed E-state index contributed by atoms with van der Waals surface area (Å²) >= 11 is 1.52. The highest BCUT2D eigenvalue weighted by Gasteiger charge is 2.09. The van der Waals surface area contributed by atoms with Gasteiger partial charge in [0.25, 0.3) is 5.91 Å². The number of nitrogens with zero attached hydrogens (tertiary/aromatic N) is 4. The molecule has 0 saturated carbocycles. The van der Waals surface area contributed by atoms with Crippen molar-refractivity contribution in [3.05, 3.63) is 78.2 Å². The standard InChI is InChI=1S/C20H13N5OS/c26-19(14-4-7-16-18(10-14)27-12-22-16)23-15-5-2-13(3-6-15)17-11-25-9-1-8-21-20(25)24-17/h1-12H,(H,23,26).